The van der Waals surface area contributed by atoms with Crippen LogP contribution in [0.4, 0.5) is 10.5 Å². The number of carbonyl (C=O) groups excluding carboxylic acids is 2. The molecule has 5 atom stereocenters. The summed E-state index contributed by atoms with van der Waals surface area (Å²) in [7, 11) is -4.16. The summed E-state index contributed by atoms with van der Waals surface area (Å²) in [6, 6.07) is 13.3. The fourth-order valence-electron chi connectivity index (χ4n) is 6.68. The van der Waals surface area contributed by atoms with Gasteiger partial charge in [0.2, 0.25) is 10.0 Å². The lowest BCUT2D eigenvalue weighted by Crippen LogP contribution is -2.51. The van der Waals surface area contributed by atoms with E-state index >= 15 is 0 Å². The predicted molar refractivity (Wildman–Crippen MR) is 186 cm³/mol. The molecule has 0 bridgehead atoms. The number of amides is 2. The quantitative estimate of drug-likeness (QED) is 0.247. The Morgan fingerprint density at radius 1 is 1.06 bits per heavy atom. The first-order valence-corrected chi connectivity index (χ1v) is 18.6. The van der Waals surface area contributed by atoms with E-state index in [4.69, 9.17) is 14.2 Å². The van der Waals surface area contributed by atoms with Gasteiger partial charge >= 0.3 is 6.09 Å². The summed E-state index contributed by atoms with van der Waals surface area (Å²) in [5, 5.41) is 17.3. The Morgan fingerprint density at radius 3 is 2.45 bits per heavy atom. The van der Waals surface area contributed by atoms with Crippen molar-refractivity contribution in [2.45, 2.75) is 95.9 Å². The van der Waals surface area contributed by atoms with E-state index in [0.717, 1.165) is 12.0 Å². The Morgan fingerprint density at radius 2 is 1.78 bits per heavy atom. The molecule has 0 unspecified atom stereocenters. The van der Waals surface area contributed by atoms with Gasteiger partial charge in [0.05, 0.1) is 41.7 Å². The van der Waals surface area contributed by atoms with Gasteiger partial charge in [0.25, 0.3) is 5.91 Å². The van der Waals surface area contributed by atoms with Crippen molar-refractivity contribution in [1.29, 1.82) is 0 Å². The number of aliphatic hydroxyl groups is 1. The highest BCUT2D eigenvalue weighted by Crippen LogP contribution is 2.36. The van der Waals surface area contributed by atoms with Gasteiger partial charge in [0.15, 0.2) is 6.29 Å². The number of carbonyl (C=O) groups is 2. The van der Waals surface area contributed by atoms with E-state index in [2.05, 4.69) is 15.5 Å². The lowest BCUT2D eigenvalue weighted by atomic mass is 10.0. The summed E-state index contributed by atoms with van der Waals surface area (Å²) >= 11 is 0. The number of nitrogens with one attached hydrogen (secondary N) is 2. The molecule has 0 saturated carbocycles. The summed E-state index contributed by atoms with van der Waals surface area (Å²) in [6.07, 6.45) is -0.117. The molecule has 268 valence electrons. The van der Waals surface area contributed by atoms with Crippen LogP contribution in [0.25, 0.3) is 5.57 Å². The van der Waals surface area contributed by atoms with Gasteiger partial charge in [-0.15, -0.1) is 0 Å². The molecule has 2 amide bonds. The van der Waals surface area contributed by atoms with Crippen LogP contribution in [0.3, 0.4) is 0 Å². The topological polar surface area (TPSA) is 147 Å². The van der Waals surface area contributed by atoms with Crippen molar-refractivity contribution < 1.29 is 37.3 Å². The molecule has 2 aromatic rings. The summed E-state index contributed by atoms with van der Waals surface area (Å²) in [5.74, 6) is -0.427. The monoisotopic (exact) mass is 698 g/mol. The maximum absolute atomic E-state index is 14.3. The van der Waals surface area contributed by atoms with E-state index in [1.54, 1.807) is 12.3 Å². The van der Waals surface area contributed by atoms with E-state index < -0.39 is 34.4 Å². The molecule has 5 rings (SSSR count). The summed E-state index contributed by atoms with van der Waals surface area (Å²) in [5.41, 5.74) is 2.27. The molecule has 2 fully saturated rings. The lowest BCUT2D eigenvalue weighted by Gasteiger charge is -2.31. The van der Waals surface area contributed by atoms with Crippen LogP contribution in [-0.4, -0.2) is 97.7 Å². The number of anilines is 1. The van der Waals surface area contributed by atoms with E-state index in [1.807, 2.05) is 71.9 Å². The van der Waals surface area contributed by atoms with Gasteiger partial charge in [-0.25, -0.2) is 13.2 Å². The number of sulfonamides is 1. The normalized spacial score (nSPS) is 22.5. The first-order chi connectivity index (χ1) is 23.2. The summed E-state index contributed by atoms with van der Waals surface area (Å²) < 4.78 is 46.8. The first-order valence-electron chi connectivity index (χ1n) is 17.1. The minimum absolute atomic E-state index is 0.00342. The molecule has 2 aromatic carbocycles. The zero-order chi connectivity index (χ0) is 35.5. The lowest BCUT2D eigenvalue weighted by molar-refractivity contribution is -0.110. The molecule has 3 heterocycles. The van der Waals surface area contributed by atoms with E-state index in [-0.39, 0.29) is 67.1 Å². The zero-order valence-electron chi connectivity index (χ0n) is 29.2. The van der Waals surface area contributed by atoms with Crippen LogP contribution in [0, 0.1) is 11.8 Å². The second kappa shape index (κ2) is 15.6. The van der Waals surface area contributed by atoms with Crippen LogP contribution in [0.15, 0.2) is 59.6 Å². The van der Waals surface area contributed by atoms with E-state index in [1.165, 1.54) is 16.4 Å². The standard InChI is InChI=1S/C36H50N4O8S/c1-22(2)18-39(49(44,45)26-12-13-30-28(17-26)29(34(42)37-30)19-40(23(3)4)24(5)6)20-32(41)31(16-25-10-8-7-9-11-25)38-36(43)48-33-21-47-35-27(33)14-15-46-35/h7-13,17,19,22-24,27,31-33,35,41H,14-16,18,20-21H2,1-6H3,(H,37,42)(H,38,43)/b29-19-/t27-,31-,32+,33-,35+/m0/s1. The molecule has 0 spiro atoms. The van der Waals surface area contributed by atoms with Crippen LogP contribution in [-0.2, 0) is 35.4 Å². The zero-order valence-corrected chi connectivity index (χ0v) is 30.0. The SMILES string of the molecule is CC(C)CN(C[C@@H](O)[C@H](Cc1ccccc1)NC(=O)O[C@H]1CO[C@H]2OCC[C@H]21)S(=O)(=O)c1ccc2c(c1)/C(=C/N(C(C)C)C(C)C)C(=O)N2. The third-order valence-electron chi connectivity index (χ3n) is 9.15. The van der Waals surface area contributed by atoms with Crippen molar-refractivity contribution in [2.24, 2.45) is 11.8 Å². The second-order valence-electron chi connectivity index (χ2n) is 14.0. The van der Waals surface area contributed by atoms with Crippen LogP contribution in [0.1, 0.15) is 59.1 Å². The maximum Gasteiger partial charge on any atom is 0.407 e. The Balaban J connectivity index is 1.39. The Bertz CT molecular complexity index is 1610. The largest absolute Gasteiger partial charge is 0.443 e. The molecular weight excluding hydrogens is 648 g/mol. The highest BCUT2D eigenvalue weighted by atomic mass is 32.2. The number of benzene rings is 2. The molecule has 49 heavy (non-hydrogen) atoms. The number of hydrogen-bond donors (Lipinski definition) is 3. The highest BCUT2D eigenvalue weighted by Gasteiger charge is 2.44. The maximum atomic E-state index is 14.3. The third-order valence-corrected chi connectivity index (χ3v) is 11.0. The van der Waals surface area contributed by atoms with Gasteiger partial charge in [-0.1, -0.05) is 44.2 Å². The van der Waals surface area contributed by atoms with E-state index in [0.29, 0.717) is 23.4 Å². The van der Waals surface area contributed by atoms with Gasteiger partial charge in [-0.05, 0) is 70.2 Å². The number of fused-ring (bicyclic) bond motifs is 2. The summed E-state index contributed by atoms with van der Waals surface area (Å²) in [4.78, 5) is 28.3. The molecule has 0 aliphatic carbocycles. The average Bonchev–Trinajstić information content (AvgIpc) is 3.74. The smallest absolute Gasteiger partial charge is 0.407 e. The minimum Gasteiger partial charge on any atom is -0.443 e. The van der Waals surface area contributed by atoms with Crippen molar-refractivity contribution >= 4 is 33.3 Å². The van der Waals surface area contributed by atoms with Crippen molar-refractivity contribution in [1.82, 2.24) is 14.5 Å². The Kier molecular flexibility index (Phi) is 11.7. The van der Waals surface area contributed by atoms with Gasteiger partial charge in [0.1, 0.15) is 6.10 Å². The molecule has 3 aliphatic heterocycles. The fourth-order valence-corrected chi connectivity index (χ4v) is 8.33. The number of nitrogens with zero attached hydrogens (tertiary/aromatic N) is 2. The first kappa shape index (κ1) is 36.8. The van der Waals surface area contributed by atoms with Gasteiger partial charge in [0, 0.05) is 42.6 Å². The molecule has 13 heteroatoms. The number of ether oxygens (including phenoxy) is 3. The molecule has 3 N–H and O–H groups in total. The molecule has 12 nitrogen and oxygen atoms in total. The van der Waals surface area contributed by atoms with Crippen molar-refractivity contribution in [2.75, 3.05) is 31.6 Å². The molecule has 2 saturated heterocycles. The van der Waals surface area contributed by atoms with Crippen LogP contribution < -0.4 is 10.6 Å². The highest BCUT2D eigenvalue weighted by molar-refractivity contribution is 7.89. The Hall–Kier alpha value is -3.49. The van der Waals surface area contributed by atoms with E-state index in [9.17, 15) is 23.1 Å². The third kappa shape index (κ3) is 8.64. The molecule has 0 radical (unpaired) electrons. The second-order valence-corrected chi connectivity index (χ2v) is 16.0. The summed E-state index contributed by atoms with van der Waals surface area (Å²) in [6.45, 7) is 12.5. The van der Waals surface area contributed by atoms with Crippen LogP contribution in [0.5, 0.6) is 0 Å². The van der Waals surface area contributed by atoms with Gasteiger partial charge in [-0.3, -0.25) is 4.79 Å². The fraction of sp³-hybridized carbons (Fsp3) is 0.556. The number of rotatable bonds is 14. The van der Waals surface area contributed by atoms with Crippen LogP contribution >= 0.6 is 0 Å². The predicted octanol–water partition coefficient (Wildman–Crippen LogP) is 4.20. The van der Waals surface area contributed by atoms with Crippen molar-refractivity contribution in [3.63, 3.8) is 0 Å². The number of hydrogen-bond acceptors (Lipinski definition) is 9. The van der Waals surface area contributed by atoms with Crippen molar-refractivity contribution in [3.05, 3.63) is 65.9 Å². The molecule has 0 aromatic heterocycles. The van der Waals surface area contributed by atoms with Crippen molar-refractivity contribution in [3.8, 4) is 0 Å². The van der Waals surface area contributed by atoms with Gasteiger partial charge < -0.3 is 34.9 Å². The average molecular weight is 699 g/mol. The number of aliphatic hydroxyl groups excluding tert-OH is 1. The minimum atomic E-state index is -4.16. The van der Waals surface area contributed by atoms with Gasteiger partial charge in [-0.2, -0.15) is 4.31 Å². The Labute approximate surface area is 289 Å². The molecular formula is C36H50N4O8S. The number of alkyl carbamates (subject to hydrolysis) is 1. The van der Waals surface area contributed by atoms with Crippen LogP contribution in [0.2, 0.25) is 0 Å². The molecule has 3 aliphatic rings.